The Morgan fingerprint density at radius 1 is 1.14 bits per heavy atom. The average Bonchev–Trinajstić information content (AvgIpc) is 2.84. The summed E-state index contributed by atoms with van der Waals surface area (Å²) >= 11 is 0. The second-order valence-electron chi connectivity index (χ2n) is 4.60. The third-order valence-electron chi connectivity index (χ3n) is 3.25. The number of nitrogens with zero attached hydrogens (tertiary/aromatic N) is 2. The van der Waals surface area contributed by atoms with Crippen molar-refractivity contribution in [1.29, 1.82) is 0 Å². The molecule has 0 unspecified atom stereocenters. The van der Waals surface area contributed by atoms with Crippen molar-refractivity contribution in [2.24, 2.45) is 0 Å². The van der Waals surface area contributed by atoms with Crippen LogP contribution >= 0.6 is 0 Å². The first-order valence-corrected chi connectivity index (χ1v) is 6.24. The maximum atomic E-state index is 12.9. The number of aliphatic hydroxyl groups is 1. The smallest absolute Gasteiger partial charge is 0.392 e. The molecule has 0 radical (unpaired) electrons. The van der Waals surface area contributed by atoms with Crippen LogP contribution in [0.3, 0.4) is 0 Å². The van der Waals surface area contributed by atoms with E-state index >= 15 is 0 Å². The highest BCUT2D eigenvalue weighted by atomic mass is 19.4. The van der Waals surface area contributed by atoms with Gasteiger partial charge in [-0.1, -0.05) is 6.07 Å². The molecular formula is C15H11F3N2O. The van der Waals surface area contributed by atoms with E-state index in [1.54, 1.807) is 30.5 Å². The Morgan fingerprint density at radius 3 is 2.57 bits per heavy atom. The molecule has 0 atom stereocenters. The zero-order valence-electron chi connectivity index (χ0n) is 10.8. The molecule has 3 rings (SSSR count). The van der Waals surface area contributed by atoms with Crippen LogP contribution in [0, 0.1) is 0 Å². The number of hydrogen-bond donors (Lipinski definition) is 1. The molecule has 0 fully saturated rings. The number of aromatic nitrogens is 2. The van der Waals surface area contributed by atoms with Crippen molar-refractivity contribution in [3.8, 4) is 11.4 Å². The highest BCUT2D eigenvalue weighted by molar-refractivity contribution is 5.69. The summed E-state index contributed by atoms with van der Waals surface area (Å²) in [5.41, 5.74) is 1.35. The maximum Gasteiger partial charge on any atom is 0.417 e. The lowest BCUT2D eigenvalue weighted by atomic mass is 10.2. The monoisotopic (exact) mass is 292 g/mol. The van der Waals surface area contributed by atoms with E-state index in [2.05, 4.69) is 4.98 Å². The molecule has 108 valence electrons. The van der Waals surface area contributed by atoms with Crippen molar-refractivity contribution in [1.82, 2.24) is 9.38 Å². The van der Waals surface area contributed by atoms with E-state index in [4.69, 9.17) is 0 Å². The Balaban J connectivity index is 2.30. The van der Waals surface area contributed by atoms with Crippen molar-refractivity contribution in [3.05, 3.63) is 59.9 Å². The summed E-state index contributed by atoms with van der Waals surface area (Å²) < 4.78 is 40.0. The molecule has 1 N–H and O–H groups in total. The third kappa shape index (κ3) is 2.38. The van der Waals surface area contributed by atoms with Crippen LogP contribution in [0.1, 0.15) is 11.1 Å². The number of aliphatic hydroxyl groups excluding tert-OH is 1. The third-order valence-corrected chi connectivity index (χ3v) is 3.25. The molecule has 0 saturated carbocycles. The standard InChI is InChI=1S/C15H11F3N2O/c16-15(17,18)11-4-5-12-7-10(9-21)14(20(12)8-11)13-3-1-2-6-19-13/h1-8,21H,9H2. The summed E-state index contributed by atoms with van der Waals surface area (Å²) in [5, 5.41) is 9.45. The van der Waals surface area contributed by atoms with Gasteiger partial charge in [0.05, 0.1) is 23.6 Å². The molecule has 0 aliphatic carbocycles. The van der Waals surface area contributed by atoms with Gasteiger partial charge >= 0.3 is 6.18 Å². The molecule has 0 spiro atoms. The van der Waals surface area contributed by atoms with Gasteiger partial charge in [-0.05, 0) is 30.3 Å². The van der Waals surface area contributed by atoms with E-state index in [0.717, 1.165) is 12.3 Å². The summed E-state index contributed by atoms with van der Waals surface area (Å²) in [6.45, 7) is -0.269. The molecule has 3 heterocycles. The van der Waals surface area contributed by atoms with E-state index in [-0.39, 0.29) is 6.61 Å². The fourth-order valence-corrected chi connectivity index (χ4v) is 2.30. The van der Waals surface area contributed by atoms with Crippen molar-refractivity contribution in [2.75, 3.05) is 0 Å². The Bertz CT molecular complexity index is 779. The van der Waals surface area contributed by atoms with E-state index in [0.29, 0.717) is 22.5 Å². The number of alkyl halides is 3. The highest BCUT2D eigenvalue weighted by Crippen LogP contribution is 2.32. The SMILES string of the molecule is OCc1cc2ccc(C(F)(F)F)cn2c1-c1ccccn1. The first-order chi connectivity index (χ1) is 10.0. The highest BCUT2D eigenvalue weighted by Gasteiger charge is 2.31. The molecule has 3 aromatic heterocycles. The van der Waals surface area contributed by atoms with Gasteiger partial charge in [-0.3, -0.25) is 4.98 Å². The first kappa shape index (κ1) is 13.6. The van der Waals surface area contributed by atoms with Crippen LogP contribution < -0.4 is 0 Å². The molecule has 0 saturated heterocycles. The van der Waals surface area contributed by atoms with E-state index in [1.165, 1.54) is 10.5 Å². The number of rotatable bonds is 2. The van der Waals surface area contributed by atoms with Crippen molar-refractivity contribution in [3.63, 3.8) is 0 Å². The van der Waals surface area contributed by atoms with Crippen molar-refractivity contribution in [2.45, 2.75) is 12.8 Å². The number of hydrogen-bond acceptors (Lipinski definition) is 2. The molecule has 0 aromatic carbocycles. The quantitative estimate of drug-likeness (QED) is 0.785. The van der Waals surface area contributed by atoms with Gasteiger partial charge in [-0.15, -0.1) is 0 Å². The zero-order chi connectivity index (χ0) is 15.0. The fraction of sp³-hybridized carbons (Fsp3) is 0.133. The summed E-state index contributed by atoms with van der Waals surface area (Å²) in [7, 11) is 0. The molecule has 0 bridgehead atoms. The predicted molar refractivity (Wildman–Crippen MR) is 71.6 cm³/mol. The van der Waals surface area contributed by atoms with Crippen LogP contribution in [0.4, 0.5) is 13.2 Å². The van der Waals surface area contributed by atoms with Gasteiger partial charge in [0.2, 0.25) is 0 Å². The minimum Gasteiger partial charge on any atom is -0.392 e. The largest absolute Gasteiger partial charge is 0.417 e. The lowest BCUT2D eigenvalue weighted by Gasteiger charge is -2.09. The average molecular weight is 292 g/mol. The lowest BCUT2D eigenvalue weighted by Crippen LogP contribution is -2.06. The van der Waals surface area contributed by atoms with E-state index in [9.17, 15) is 18.3 Å². The van der Waals surface area contributed by atoms with Crippen LogP contribution in [0.2, 0.25) is 0 Å². The van der Waals surface area contributed by atoms with Crippen LogP contribution in [0.5, 0.6) is 0 Å². The predicted octanol–water partition coefficient (Wildman–Crippen LogP) is 3.51. The van der Waals surface area contributed by atoms with E-state index in [1.807, 2.05) is 0 Å². The zero-order valence-corrected chi connectivity index (χ0v) is 10.8. The first-order valence-electron chi connectivity index (χ1n) is 6.24. The van der Waals surface area contributed by atoms with Crippen LogP contribution in [0.15, 0.2) is 48.8 Å². The van der Waals surface area contributed by atoms with Gasteiger partial charge in [0.25, 0.3) is 0 Å². The van der Waals surface area contributed by atoms with Gasteiger partial charge in [-0.2, -0.15) is 13.2 Å². The summed E-state index contributed by atoms with van der Waals surface area (Å²) in [5.74, 6) is 0. The molecular weight excluding hydrogens is 281 g/mol. The number of halogens is 3. The topological polar surface area (TPSA) is 37.5 Å². The fourth-order valence-electron chi connectivity index (χ4n) is 2.30. The molecule has 0 aliphatic rings. The van der Waals surface area contributed by atoms with Gasteiger partial charge in [0, 0.05) is 23.5 Å². The van der Waals surface area contributed by atoms with E-state index < -0.39 is 11.7 Å². The molecule has 21 heavy (non-hydrogen) atoms. The van der Waals surface area contributed by atoms with Crippen LogP contribution in [0.25, 0.3) is 16.9 Å². The van der Waals surface area contributed by atoms with Gasteiger partial charge in [0.15, 0.2) is 0 Å². The minimum absolute atomic E-state index is 0.269. The minimum atomic E-state index is -4.42. The normalized spacial score (nSPS) is 12.0. The second-order valence-corrected chi connectivity index (χ2v) is 4.60. The molecule has 3 nitrogen and oxygen atoms in total. The lowest BCUT2D eigenvalue weighted by molar-refractivity contribution is -0.137. The van der Waals surface area contributed by atoms with Crippen molar-refractivity contribution >= 4 is 5.52 Å². The summed E-state index contributed by atoms with van der Waals surface area (Å²) in [6.07, 6.45) is -1.83. The Hall–Kier alpha value is -2.34. The molecule has 6 heteroatoms. The van der Waals surface area contributed by atoms with Crippen LogP contribution in [-0.2, 0) is 12.8 Å². The number of fused-ring (bicyclic) bond motifs is 1. The second kappa shape index (κ2) is 4.89. The molecule has 0 aliphatic heterocycles. The molecule has 0 amide bonds. The maximum absolute atomic E-state index is 12.9. The Labute approximate surface area is 118 Å². The van der Waals surface area contributed by atoms with Gasteiger partial charge < -0.3 is 9.51 Å². The number of pyridine rings is 2. The molecule has 3 aromatic rings. The Morgan fingerprint density at radius 2 is 1.95 bits per heavy atom. The van der Waals surface area contributed by atoms with Gasteiger partial charge in [0.1, 0.15) is 0 Å². The van der Waals surface area contributed by atoms with Crippen molar-refractivity contribution < 1.29 is 18.3 Å². The summed E-state index contributed by atoms with van der Waals surface area (Å²) in [4.78, 5) is 4.16. The van der Waals surface area contributed by atoms with Gasteiger partial charge in [-0.25, -0.2) is 0 Å². The Kier molecular flexibility index (Phi) is 3.17. The van der Waals surface area contributed by atoms with Crippen LogP contribution in [-0.4, -0.2) is 14.5 Å². The summed E-state index contributed by atoms with van der Waals surface area (Å²) in [6, 6.07) is 9.23.